The first-order chi connectivity index (χ1) is 8.58. The van der Waals surface area contributed by atoms with Crippen molar-refractivity contribution in [3.8, 4) is 0 Å². The van der Waals surface area contributed by atoms with E-state index in [1.165, 1.54) is 6.42 Å². The maximum atomic E-state index is 6.15. The van der Waals surface area contributed by atoms with Gasteiger partial charge in [0.05, 0.1) is 10.7 Å². The zero-order chi connectivity index (χ0) is 13.5. The molecule has 1 heterocycles. The van der Waals surface area contributed by atoms with E-state index < -0.39 is 0 Å². The van der Waals surface area contributed by atoms with Crippen LogP contribution in [0.5, 0.6) is 0 Å². The van der Waals surface area contributed by atoms with Crippen molar-refractivity contribution >= 4 is 17.4 Å². The Morgan fingerprint density at radius 1 is 1.39 bits per heavy atom. The summed E-state index contributed by atoms with van der Waals surface area (Å²) in [5, 5.41) is 3.99. The summed E-state index contributed by atoms with van der Waals surface area (Å²) in [6.45, 7) is 9.21. The molecule has 102 valence electrons. The van der Waals surface area contributed by atoms with Crippen LogP contribution in [0.25, 0.3) is 0 Å². The van der Waals surface area contributed by atoms with Gasteiger partial charge in [0.15, 0.2) is 0 Å². The van der Waals surface area contributed by atoms with E-state index >= 15 is 0 Å². The molecular formula is C14H24ClN3. The highest BCUT2D eigenvalue weighted by Gasteiger charge is 2.09. The van der Waals surface area contributed by atoms with Gasteiger partial charge in [-0.15, -0.1) is 0 Å². The first-order valence-corrected chi connectivity index (χ1v) is 7.03. The third kappa shape index (κ3) is 4.46. The molecule has 0 saturated carbocycles. The van der Waals surface area contributed by atoms with Gasteiger partial charge < -0.3 is 10.2 Å². The molecule has 0 spiro atoms. The number of aromatic nitrogens is 1. The number of nitrogens with one attached hydrogen (secondary N) is 1. The lowest BCUT2D eigenvalue weighted by Gasteiger charge is -2.22. The standard InChI is InChI=1S/C14H24ClN3/c1-5-11(3)10-18(4)14-8-7-12(15)13(17-14)9-16-6-2/h7-8,11,16H,5-6,9-10H2,1-4H3. The maximum absolute atomic E-state index is 6.15. The molecule has 0 amide bonds. The smallest absolute Gasteiger partial charge is 0.128 e. The lowest BCUT2D eigenvalue weighted by Crippen LogP contribution is -2.25. The van der Waals surface area contributed by atoms with E-state index in [9.17, 15) is 0 Å². The topological polar surface area (TPSA) is 28.2 Å². The van der Waals surface area contributed by atoms with E-state index in [-0.39, 0.29) is 0 Å². The van der Waals surface area contributed by atoms with Crippen molar-refractivity contribution in [2.75, 3.05) is 25.0 Å². The molecule has 3 nitrogen and oxygen atoms in total. The van der Waals surface area contributed by atoms with Crippen LogP contribution in [0, 0.1) is 5.92 Å². The van der Waals surface area contributed by atoms with Gasteiger partial charge in [-0.25, -0.2) is 4.98 Å². The molecule has 1 rings (SSSR count). The highest BCUT2D eigenvalue weighted by Crippen LogP contribution is 2.19. The molecule has 1 unspecified atom stereocenters. The Kier molecular flexibility index (Phi) is 6.44. The molecule has 1 N–H and O–H groups in total. The Labute approximate surface area is 116 Å². The molecule has 0 saturated heterocycles. The fourth-order valence-corrected chi connectivity index (χ4v) is 1.92. The molecule has 1 atom stereocenters. The summed E-state index contributed by atoms with van der Waals surface area (Å²) in [5.74, 6) is 1.66. The molecular weight excluding hydrogens is 246 g/mol. The van der Waals surface area contributed by atoms with Gasteiger partial charge in [0, 0.05) is 20.1 Å². The fraction of sp³-hybridized carbons (Fsp3) is 0.643. The van der Waals surface area contributed by atoms with Crippen molar-refractivity contribution in [1.29, 1.82) is 0 Å². The molecule has 0 bridgehead atoms. The van der Waals surface area contributed by atoms with E-state index in [0.717, 1.165) is 36.2 Å². The van der Waals surface area contributed by atoms with Gasteiger partial charge in [0.1, 0.15) is 5.82 Å². The van der Waals surface area contributed by atoms with E-state index in [1.807, 2.05) is 12.1 Å². The first-order valence-electron chi connectivity index (χ1n) is 6.65. The second-order valence-corrected chi connectivity index (χ2v) is 5.18. The van der Waals surface area contributed by atoms with E-state index in [0.29, 0.717) is 5.92 Å². The monoisotopic (exact) mass is 269 g/mol. The molecule has 0 radical (unpaired) electrons. The number of anilines is 1. The summed E-state index contributed by atoms with van der Waals surface area (Å²) in [4.78, 5) is 6.82. The zero-order valence-electron chi connectivity index (χ0n) is 11.8. The first kappa shape index (κ1) is 15.3. The predicted octanol–water partition coefficient (Wildman–Crippen LogP) is 3.33. The Balaban J connectivity index is 2.76. The quantitative estimate of drug-likeness (QED) is 0.823. The second kappa shape index (κ2) is 7.59. The number of pyridine rings is 1. The van der Waals surface area contributed by atoms with Gasteiger partial charge in [-0.3, -0.25) is 0 Å². The van der Waals surface area contributed by atoms with Gasteiger partial charge in [-0.2, -0.15) is 0 Å². The van der Waals surface area contributed by atoms with Gasteiger partial charge in [0.2, 0.25) is 0 Å². The van der Waals surface area contributed by atoms with Crippen LogP contribution in [0.2, 0.25) is 5.02 Å². The van der Waals surface area contributed by atoms with Crippen molar-refractivity contribution in [3.05, 3.63) is 22.8 Å². The van der Waals surface area contributed by atoms with Gasteiger partial charge >= 0.3 is 0 Å². The molecule has 0 aliphatic rings. The van der Waals surface area contributed by atoms with Gasteiger partial charge in [0.25, 0.3) is 0 Å². The molecule has 1 aromatic heterocycles. The molecule has 18 heavy (non-hydrogen) atoms. The van der Waals surface area contributed by atoms with E-state index in [2.05, 4.69) is 43.0 Å². The number of hydrogen-bond donors (Lipinski definition) is 1. The van der Waals surface area contributed by atoms with Crippen molar-refractivity contribution in [2.45, 2.75) is 33.7 Å². The molecule has 0 aliphatic carbocycles. The zero-order valence-corrected chi connectivity index (χ0v) is 12.6. The number of nitrogens with zero attached hydrogens (tertiary/aromatic N) is 2. The lowest BCUT2D eigenvalue weighted by molar-refractivity contribution is 0.557. The normalized spacial score (nSPS) is 12.5. The van der Waals surface area contributed by atoms with Crippen LogP contribution in [-0.2, 0) is 6.54 Å². The molecule has 0 aromatic carbocycles. The Bertz CT molecular complexity index is 368. The summed E-state index contributed by atoms with van der Waals surface area (Å²) in [7, 11) is 2.08. The minimum absolute atomic E-state index is 0.671. The van der Waals surface area contributed by atoms with Crippen LogP contribution < -0.4 is 10.2 Å². The van der Waals surface area contributed by atoms with Crippen LogP contribution in [0.4, 0.5) is 5.82 Å². The Hall–Kier alpha value is -0.800. The van der Waals surface area contributed by atoms with Gasteiger partial charge in [-0.1, -0.05) is 38.8 Å². The molecule has 0 aliphatic heterocycles. The SMILES string of the molecule is CCNCc1nc(N(C)CC(C)CC)ccc1Cl. The summed E-state index contributed by atoms with van der Waals surface area (Å²) < 4.78 is 0. The minimum Gasteiger partial charge on any atom is -0.359 e. The second-order valence-electron chi connectivity index (χ2n) is 4.77. The molecule has 0 fully saturated rings. The maximum Gasteiger partial charge on any atom is 0.128 e. The third-order valence-electron chi connectivity index (χ3n) is 3.12. The number of rotatable bonds is 7. The van der Waals surface area contributed by atoms with Crippen LogP contribution in [0.15, 0.2) is 12.1 Å². The van der Waals surface area contributed by atoms with Crippen LogP contribution in [0.1, 0.15) is 32.9 Å². The van der Waals surface area contributed by atoms with E-state index in [1.54, 1.807) is 0 Å². The summed E-state index contributed by atoms with van der Waals surface area (Å²) in [6, 6.07) is 3.92. The highest BCUT2D eigenvalue weighted by atomic mass is 35.5. The van der Waals surface area contributed by atoms with Gasteiger partial charge in [-0.05, 0) is 24.6 Å². The van der Waals surface area contributed by atoms with Crippen LogP contribution >= 0.6 is 11.6 Å². The Morgan fingerprint density at radius 2 is 2.11 bits per heavy atom. The van der Waals surface area contributed by atoms with Crippen LogP contribution in [0.3, 0.4) is 0 Å². The molecule has 4 heteroatoms. The third-order valence-corrected chi connectivity index (χ3v) is 3.46. The lowest BCUT2D eigenvalue weighted by atomic mass is 10.1. The summed E-state index contributed by atoms with van der Waals surface area (Å²) >= 11 is 6.15. The number of halogens is 1. The Morgan fingerprint density at radius 3 is 2.72 bits per heavy atom. The van der Waals surface area contributed by atoms with Crippen LogP contribution in [-0.4, -0.2) is 25.1 Å². The fourth-order valence-electron chi connectivity index (χ4n) is 1.74. The van der Waals surface area contributed by atoms with Crippen molar-refractivity contribution in [2.24, 2.45) is 5.92 Å². The largest absolute Gasteiger partial charge is 0.359 e. The predicted molar refractivity (Wildman–Crippen MR) is 79.4 cm³/mol. The van der Waals surface area contributed by atoms with Crippen molar-refractivity contribution in [1.82, 2.24) is 10.3 Å². The summed E-state index contributed by atoms with van der Waals surface area (Å²) in [5.41, 5.74) is 0.923. The van der Waals surface area contributed by atoms with Crippen molar-refractivity contribution in [3.63, 3.8) is 0 Å². The average Bonchev–Trinajstić information content (AvgIpc) is 2.37. The van der Waals surface area contributed by atoms with E-state index in [4.69, 9.17) is 11.6 Å². The minimum atomic E-state index is 0.671. The van der Waals surface area contributed by atoms with Crippen molar-refractivity contribution < 1.29 is 0 Å². The number of hydrogen-bond acceptors (Lipinski definition) is 3. The average molecular weight is 270 g/mol. The summed E-state index contributed by atoms with van der Waals surface area (Å²) in [6.07, 6.45) is 1.18. The molecule has 1 aromatic rings. The highest BCUT2D eigenvalue weighted by molar-refractivity contribution is 6.31.